The van der Waals surface area contributed by atoms with Gasteiger partial charge in [0.05, 0.1) is 28.9 Å². The van der Waals surface area contributed by atoms with Gasteiger partial charge in [0.15, 0.2) is 0 Å². The third kappa shape index (κ3) is 8.43. The van der Waals surface area contributed by atoms with Crippen LogP contribution in [0.3, 0.4) is 0 Å². The Morgan fingerprint density at radius 1 is 1.19 bits per heavy atom. The first-order chi connectivity index (χ1) is 17.3. The molecule has 1 aromatic rings. The Balaban J connectivity index is 1.44. The van der Waals surface area contributed by atoms with Crippen molar-refractivity contribution in [1.82, 2.24) is 14.7 Å². The highest BCUT2D eigenvalue weighted by Gasteiger charge is 2.30. The molecular weight excluding hydrogens is 505 g/mol. The molecule has 2 aliphatic heterocycles. The van der Waals surface area contributed by atoms with Crippen LogP contribution in [0, 0.1) is 5.92 Å². The van der Waals surface area contributed by atoms with Gasteiger partial charge in [-0.25, -0.2) is 0 Å². The van der Waals surface area contributed by atoms with Gasteiger partial charge in [-0.3, -0.25) is 9.59 Å². The quantitative estimate of drug-likeness (QED) is 0.458. The number of carbonyl (C=O) groups excluding carboxylic acids is 2. The van der Waals surface area contributed by atoms with Crippen molar-refractivity contribution >= 4 is 41.1 Å². The topological polar surface area (TPSA) is 82.6 Å². The fraction of sp³-hybridized carbons (Fsp3) is 0.615. The van der Waals surface area contributed by atoms with Crippen molar-refractivity contribution in [2.75, 3.05) is 66.6 Å². The molecule has 2 amide bonds. The number of carbonyl (C=O) groups is 2. The second-order valence-corrected chi connectivity index (χ2v) is 10.3. The lowest BCUT2D eigenvalue weighted by atomic mass is 9.95. The van der Waals surface area contributed by atoms with Crippen molar-refractivity contribution in [3.63, 3.8) is 0 Å². The van der Waals surface area contributed by atoms with Gasteiger partial charge >= 0.3 is 0 Å². The van der Waals surface area contributed by atoms with Crippen LogP contribution < -0.4 is 0 Å². The summed E-state index contributed by atoms with van der Waals surface area (Å²) in [6.07, 6.45) is 4.51. The fourth-order valence-corrected chi connectivity index (χ4v) is 5.15. The zero-order valence-electron chi connectivity index (χ0n) is 21.1. The molecule has 8 nitrogen and oxygen atoms in total. The van der Waals surface area contributed by atoms with Gasteiger partial charge in [0.25, 0.3) is 0 Å². The Morgan fingerprint density at radius 2 is 2.00 bits per heavy atom. The molecule has 3 atom stereocenters. The van der Waals surface area contributed by atoms with Crippen molar-refractivity contribution < 1.29 is 24.2 Å². The monoisotopic (exact) mass is 541 g/mol. The summed E-state index contributed by atoms with van der Waals surface area (Å²) in [6, 6.07) is 5.17. The number of hydrogen-bond donors (Lipinski definition) is 1. The number of aliphatic hydroxyl groups is 1. The third-order valence-electron chi connectivity index (χ3n) is 6.89. The van der Waals surface area contributed by atoms with E-state index in [2.05, 4.69) is 4.90 Å². The highest BCUT2D eigenvalue weighted by molar-refractivity contribution is 6.42. The van der Waals surface area contributed by atoms with Gasteiger partial charge in [0.2, 0.25) is 11.8 Å². The van der Waals surface area contributed by atoms with Gasteiger partial charge in [-0.2, -0.15) is 0 Å². The van der Waals surface area contributed by atoms with E-state index in [9.17, 15) is 14.7 Å². The molecule has 0 spiro atoms. The van der Waals surface area contributed by atoms with Crippen LogP contribution in [0.25, 0.3) is 6.08 Å². The first kappa shape index (κ1) is 28.9. The van der Waals surface area contributed by atoms with E-state index in [1.54, 1.807) is 48.3 Å². The van der Waals surface area contributed by atoms with E-state index in [1.807, 2.05) is 0 Å². The van der Waals surface area contributed by atoms with Gasteiger partial charge in [0.1, 0.15) is 0 Å². The number of ether oxygens (including phenoxy) is 2. The number of amides is 2. The number of benzene rings is 1. The number of nitrogens with zero attached hydrogens (tertiary/aromatic N) is 3. The molecule has 2 saturated heterocycles. The summed E-state index contributed by atoms with van der Waals surface area (Å²) in [5.74, 6) is 0.134. The molecule has 0 aromatic heterocycles. The van der Waals surface area contributed by atoms with Crippen LogP contribution in [-0.2, 0) is 19.1 Å². The number of piperidine rings is 1. The average Bonchev–Trinajstić information content (AvgIpc) is 3.05. The summed E-state index contributed by atoms with van der Waals surface area (Å²) in [7, 11) is 3.43. The van der Waals surface area contributed by atoms with Crippen LogP contribution in [0.1, 0.15) is 24.8 Å². The van der Waals surface area contributed by atoms with Crippen molar-refractivity contribution in [3.05, 3.63) is 39.9 Å². The zero-order valence-corrected chi connectivity index (χ0v) is 22.6. The van der Waals surface area contributed by atoms with E-state index in [4.69, 9.17) is 32.7 Å². The number of hydrogen-bond acceptors (Lipinski definition) is 6. The smallest absolute Gasteiger partial charge is 0.246 e. The van der Waals surface area contributed by atoms with E-state index in [1.165, 1.54) is 6.08 Å². The summed E-state index contributed by atoms with van der Waals surface area (Å²) >= 11 is 12.0. The molecule has 0 aliphatic carbocycles. The standard InChI is InChI=1S/C26H37Cl2N3O5/c1-35-18-20-16-29(10-8-24(20)36-2)17-21(32)7-11-30-13-14-31(12-9-26(30)34)25(33)6-4-19-3-5-22(27)23(28)15-19/h3-6,15,20-21,24,32H,7-14,16-18H2,1-2H3. The normalized spacial score (nSPS) is 22.8. The minimum absolute atomic E-state index is 0.00651. The van der Waals surface area contributed by atoms with Gasteiger partial charge in [-0.05, 0) is 36.6 Å². The first-order valence-electron chi connectivity index (χ1n) is 12.4. The Labute approximate surface area is 223 Å². The van der Waals surface area contributed by atoms with E-state index >= 15 is 0 Å². The zero-order chi connectivity index (χ0) is 26.1. The van der Waals surface area contributed by atoms with Gasteiger partial charge in [0, 0.05) is 78.4 Å². The van der Waals surface area contributed by atoms with E-state index in [-0.39, 0.29) is 30.3 Å². The maximum atomic E-state index is 12.7. The predicted octanol–water partition coefficient (Wildman–Crippen LogP) is 2.80. The molecule has 3 unspecified atom stereocenters. The molecule has 1 N–H and O–H groups in total. The number of methoxy groups -OCH3 is 2. The lowest BCUT2D eigenvalue weighted by Gasteiger charge is -2.38. The minimum atomic E-state index is -0.532. The maximum Gasteiger partial charge on any atom is 0.246 e. The minimum Gasteiger partial charge on any atom is -0.392 e. The van der Waals surface area contributed by atoms with E-state index < -0.39 is 6.10 Å². The highest BCUT2D eigenvalue weighted by Crippen LogP contribution is 2.23. The van der Waals surface area contributed by atoms with Crippen molar-refractivity contribution in [1.29, 1.82) is 0 Å². The van der Waals surface area contributed by atoms with Crippen LogP contribution in [0.15, 0.2) is 24.3 Å². The van der Waals surface area contributed by atoms with Gasteiger partial charge < -0.3 is 29.3 Å². The molecule has 2 heterocycles. The summed E-state index contributed by atoms with van der Waals surface area (Å²) in [5, 5.41) is 11.5. The molecule has 0 bridgehead atoms. The van der Waals surface area contributed by atoms with Crippen LogP contribution in [0.4, 0.5) is 0 Å². The van der Waals surface area contributed by atoms with Crippen LogP contribution in [0.5, 0.6) is 0 Å². The Morgan fingerprint density at radius 3 is 2.72 bits per heavy atom. The summed E-state index contributed by atoms with van der Waals surface area (Å²) < 4.78 is 10.9. The largest absolute Gasteiger partial charge is 0.392 e. The molecular formula is C26H37Cl2N3O5. The number of β-amino-alcohol motifs (C(OH)–C–C–N with tert-alkyl or cyclic N) is 1. The molecule has 2 aliphatic rings. The third-order valence-corrected chi connectivity index (χ3v) is 7.63. The molecule has 10 heteroatoms. The molecule has 36 heavy (non-hydrogen) atoms. The summed E-state index contributed by atoms with van der Waals surface area (Å²) in [5.41, 5.74) is 0.777. The van der Waals surface area contributed by atoms with E-state index in [0.29, 0.717) is 55.8 Å². The molecule has 0 radical (unpaired) electrons. The predicted molar refractivity (Wildman–Crippen MR) is 141 cm³/mol. The Bertz CT molecular complexity index is 916. The molecule has 2 fully saturated rings. The summed E-state index contributed by atoms with van der Waals surface area (Å²) in [4.78, 5) is 31.0. The number of halogens is 2. The number of aliphatic hydroxyl groups excluding tert-OH is 1. The molecule has 1 aromatic carbocycles. The number of rotatable bonds is 10. The summed E-state index contributed by atoms with van der Waals surface area (Å²) in [6.45, 7) is 4.62. The maximum absolute atomic E-state index is 12.7. The van der Waals surface area contributed by atoms with Gasteiger partial charge in [-0.1, -0.05) is 29.3 Å². The Hall–Kier alpha value is -1.68. The average molecular weight is 543 g/mol. The first-order valence-corrected chi connectivity index (χ1v) is 13.2. The lowest BCUT2D eigenvalue weighted by Crippen LogP contribution is -2.48. The second-order valence-electron chi connectivity index (χ2n) is 9.44. The van der Waals surface area contributed by atoms with Crippen LogP contribution in [-0.4, -0.2) is 110 Å². The second kappa shape index (κ2) is 14.3. The Kier molecular flexibility index (Phi) is 11.5. The highest BCUT2D eigenvalue weighted by atomic mass is 35.5. The van der Waals surface area contributed by atoms with Crippen molar-refractivity contribution in [3.8, 4) is 0 Å². The van der Waals surface area contributed by atoms with Crippen molar-refractivity contribution in [2.45, 2.75) is 31.5 Å². The lowest BCUT2D eigenvalue weighted by molar-refractivity contribution is -0.130. The van der Waals surface area contributed by atoms with E-state index in [0.717, 1.165) is 25.1 Å². The van der Waals surface area contributed by atoms with Crippen LogP contribution >= 0.6 is 23.2 Å². The SMILES string of the molecule is COCC1CN(CC(O)CCN2CCN(C(=O)C=Cc3ccc(Cl)c(Cl)c3)CCC2=O)CCC1OC. The fourth-order valence-electron chi connectivity index (χ4n) is 4.84. The van der Waals surface area contributed by atoms with Gasteiger partial charge in [-0.15, -0.1) is 0 Å². The molecule has 200 valence electrons. The van der Waals surface area contributed by atoms with Crippen LogP contribution in [0.2, 0.25) is 10.0 Å². The van der Waals surface area contributed by atoms with Crippen molar-refractivity contribution in [2.24, 2.45) is 5.92 Å². The number of likely N-dealkylation sites (tertiary alicyclic amines) is 1. The molecule has 0 saturated carbocycles. The molecule has 3 rings (SSSR count).